The summed E-state index contributed by atoms with van der Waals surface area (Å²) in [6, 6.07) is 11.7. The Bertz CT molecular complexity index is 892. The quantitative estimate of drug-likeness (QED) is 0.597. The molecule has 1 aromatic carbocycles. The van der Waals surface area contributed by atoms with Gasteiger partial charge in [-0.2, -0.15) is 0 Å². The summed E-state index contributed by atoms with van der Waals surface area (Å²) >= 11 is 0. The molecule has 2 N–H and O–H groups in total. The Balaban J connectivity index is 1.66. The smallest absolute Gasteiger partial charge is 0.200 e. The van der Waals surface area contributed by atoms with Crippen molar-refractivity contribution in [2.24, 2.45) is 0 Å². The normalized spacial score (nSPS) is 12.8. The molecule has 1 atom stereocenters. The molecule has 0 saturated carbocycles. The minimum Gasteiger partial charge on any atom is -0.359 e. The minimum atomic E-state index is 0.0360. The summed E-state index contributed by atoms with van der Waals surface area (Å²) in [4.78, 5) is 7.99. The van der Waals surface area contributed by atoms with Crippen molar-refractivity contribution < 1.29 is 0 Å². The van der Waals surface area contributed by atoms with E-state index in [0.717, 1.165) is 23.3 Å². The first kappa shape index (κ1) is 12.7. The van der Waals surface area contributed by atoms with Gasteiger partial charge in [-0.3, -0.25) is 0 Å². The predicted molar refractivity (Wildman–Crippen MR) is 81.3 cm³/mol. The third-order valence-electron chi connectivity index (χ3n) is 3.54. The number of imidazole rings is 1. The Labute approximate surface area is 125 Å². The SMILES string of the molecule is CCC(Nc1ccc2nnnn2n1)c1nc2ccccc2[nH]1. The number of nitrogens with one attached hydrogen (secondary N) is 2. The Hall–Kier alpha value is -3.03. The van der Waals surface area contributed by atoms with Crippen LogP contribution in [-0.4, -0.2) is 35.2 Å². The van der Waals surface area contributed by atoms with Crippen LogP contribution in [0.1, 0.15) is 25.2 Å². The van der Waals surface area contributed by atoms with E-state index >= 15 is 0 Å². The van der Waals surface area contributed by atoms with E-state index < -0.39 is 0 Å². The lowest BCUT2D eigenvalue weighted by molar-refractivity contribution is 0.685. The second kappa shape index (κ2) is 5.06. The van der Waals surface area contributed by atoms with E-state index in [1.165, 1.54) is 4.63 Å². The lowest BCUT2D eigenvalue weighted by Gasteiger charge is -2.14. The Morgan fingerprint density at radius 1 is 1.23 bits per heavy atom. The molecule has 4 rings (SSSR count). The summed E-state index contributed by atoms with van der Waals surface area (Å²) in [5, 5.41) is 18.9. The molecule has 110 valence electrons. The summed E-state index contributed by atoms with van der Waals surface area (Å²) in [6.45, 7) is 2.10. The Morgan fingerprint density at radius 2 is 2.14 bits per heavy atom. The number of aromatic amines is 1. The van der Waals surface area contributed by atoms with Crippen LogP contribution in [0.2, 0.25) is 0 Å². The van der Waals surface area contributed by atoms with Crippen molar-refractivity contribution in [3.63, 3.8) is 0 Å². The van der Waals surface area contributed by atoms with Gasteiger partial charge in [-0.25, -0.2) is 4.98 Å². The van der Waals surface area contributed by atoms with Crippen LogP contribution < -0.4 is 5.32 Å². The molecule has 3 aromatic heterocycles. The monoisotopic (exact) mass is 294 g/mol. The van der Waals surface area contributed by atoms with Gasteiger partial charge in [-0.15, -0.1) is 14.8 Å². The lowest BCUT2D eigenvalue weighted by atomic mass is 10.2. The highest BCUT2D eigenvalue weighted by Crippen LogP contribution is 2.21. The maximum Gasteiger partial charge on any atom is 0.200 e. The second-order valence-corrected chi connectivity index (χ2v) is 4.99. The number of nitrogens with zero attached hydrogens (tertiary/aromatic N) is 6. The maximum absolute atomic E-state index is 4.64. The molecular formula is C14H14N8. The van der Waals surface area contributed by atoms with Crippen molar-refractivity contribution in [3.8, 4) is 0 Å². The first-order valence-electron chi connectivity index (χ1n) is 7.10. The fourth-order valence-electron chi connectivity index (χ4n) is 2.41. The van der Waals surface area contributed by atoms with Gasteiger partial charge in [-0.05, 0) is 41.1 Å². The number of benzene rings is 1. The highest BCUT2D eigenvalue weighted by Gasteiger charge is 2.15. The Morgan fingerprint density at radius 3 is 3.00 bits per heavy atom. The highest BCUT2D eigenvalue weighted by molar-refractivity contribution is 5.74. The number of rotatable bonds is 4. The van der Waals surface area contributed by atoms with E-state index in [2.05, 4.69) is 42.8 Å². The molecule has 0 fully saturated rings. The van der Waals surface area contributed by atoms with Crippen LogP contribution in [0.4, 0.5) is 5.82 Å². The average molecular weight is 294 g/mol. The van der Waals surface area contributed by atoms with Gasteiger partial charge in [0, 0.05) is 0 Å². The molecular weight excluding hydrogens is 280 g/mol. The zero-order valence-electron chi connectivity index (χ0n) is 11.9. The number of tetrazole rings is 1. The molecule has 0 bridgehead atoms. The van der Waals surface area contributed by atoms with Crippen LogP contribution in [0.3, 0.4) is 0 Å². The lowest BCUT2D eigenvalue weighted by Crippen LogP contribution is -2.13. The first-order valence-corrected chi connectivity index (χ1v) is 7.10. The molecule has 0 aliphatic heterocycles. The van der Waals surface area contributed by atoms with Crippen molar-refractivity contribution >= 4 is 22.5 Å². The summed E-state index contributed by atoms with van der Waals surface area (Å²) in [7, 11) is 0. The Kier molecular flexibility index (Phi) is 2.92. The number of H-pyrrole nitrogens is 1. The fraction of sp³-hybridized carbons (Fsp3) is 0.214. The van der Waals surface area contributed by atoms with Crippen LogP contribution in [0.25, 0.3) is 16.7 Å². The van der Waals surface area contributed by atoms with Gasteiger partial charge in [0.1, 0.15) is 11.6 Å². The molecule has 8 heteroatoms. The largest absolute Gasteiger partial charge is 0.359 e. The number of aromatic nitrogens is 7. The van der Waals surface area contributed by atoms with E-state index in [0.29, 0.717) is 11.5 Å². The van der Waals surface area contributed by atoms with Crippen molar-refractivity contribution in [1.82, 2.24) is 35.2 Å². The van der Waals surface area contributed by atoms with Gasteiger partial charge in [-0.1, -0.05) is 19.1 Å². The molecule has 1 unspecified atom stereocenters. The van der Waals surface area contributed by atoms with Gasteiger partial charge >= 0.3 is 0 Å². The van der Waals surface area contributed by atoms with Gasteiger partial charge in [0.2, 0.25) is 0 Å². The molecule has 0 aliphatic rings. The van der Waals surface area contributed by atoms with E-state index in [1.807, 2.05) is 36.4 Å². The number of hydrogen-bond acceptors (Lipinski definition) is 6. The number of hydrogen-bond donors (Lipinski definition) is 2. The summed E-state index contributed by atoms with van der Waals surface area (Å²) in [5.41, 5.74) is 2.60. The van der Waals surface area contributed by atoms with Gasteiger partial charge in [0.15, 0.2) is 5.65 Å². The third-order valence-corrected chi connectivity index (χ3v) is 3.54. The number of anilines is 1. The summed E-state index contributed by atoms with van der Waals surface area (Å²) in [5.74, 6) is 1.59. The molecule has 22 heavy (non-hydrogen) atoms. The standard InChI is InChI=1S/C14H14N8/c1-2-9(14-16-10-5-3-4-6-11(10)17-14)15-12-7-8-13-18-20-21-22(13)19-12/h3-9H,2H2,1H3,(H,15,19)(H,16,17). The second-order valence-electron chi connectivity index (χ2n) is 4.99. The molecule has 0 saturated heterocycles. The van der Waals surface area contributed by atoms with Crippen LogP contribution in [-0.2, 0) is 0 Å². The topological polar surface area (TPSA) is 96.7 Å². The van der Waals surface area contributed by atoms with E-state index in [9.17, 15) is 0 Å². The average Bonchev–Trinajstić information content (AvgIpc) is 3.18. The number of para-hydroxylation sites is 2. The first-order chi connectivity index (χ1) is 10.8. The number of fused-ring (bicyclic) bond motifs is 2. The van der Waals surface area contributed by atoms with E-state index in [1.54, 1.807) is 0 Å². The summed E-state index contributed by atoms with van der Waals surface area (Å²) < 4.78 is 1.40. The predicted octanol–water partition coefficient (Wildman–Crippen LogP) is 1.96. The van der Waals surface area contributed by atoms with Crippen molar-refractivity contribution in [1.29, 1.82) is 0 Å². The molecule has 3 heterocycles. The molecule has 4 aromatic rings. The molecule has 0 amide bonds. The van der Waals surface area contributed by atoms with Crippen LogP contribution in [0.15, 0.2) is 36.4 Å². The van der Waals surface area contributed by atoms with Crippen LogP contribution in [0, 0.1) is 0 Å². The van der Waals surface area contributed by atoms with Crippen LogP contribution >= 0.6 is 0 Å². The molecule has 8 nitrogen and oxygen atoms in total. The van der Waals surface area contributed by atoms with E-state index in [-0.39, 0.29) is 6.04 Å². The molecule has 0 radical (unpaired) electrons. The molecule has 0 spiro atoms. The van der Waals surface area contributed by atoms with Gasteiger partial charge in [0.05, 0.1) is 17.1 Å². The fourth-order valence-corrected chi connectivity index (χ4v) is 2.41. The van der Waals surface area contributed by atoms with Gasteiger partial charge < -0.3 is 10.3 Å². The minimum absolute atomic E-state index is 0.0360. The van der Waals surface area contributed by atoms with Crippen molar-refractivity contribution in [3.05, 3.63) is 42.2 Å². The highest BCUT2D eigenvalue weighted by atomic mass is 15.6. The molecule has 0 aliphatic carbocycles. The van der Waals surface area contributed by atoms with Crippen molar-refractivity contribution in [2.45, 2.75) is 19.4 Å². The third kappa shape index (κ3) is 2.14. The van der Waals surface area contributed by atoms with E-state index in [4.69, 9.17) is 0 Å². The van der Waals surface area contributed by atoms with Gasteiger partial charge in [0.25, 0.3) is 0 Å². The maximum atomic E-state index is 4.64. The zero-order chi connectivity index (χ0) is 14.9. The summed E-state index contributed by atoms with van der Waals surface area (Å²) in [6.07, 6.45) is 0.870. The van der Waals surface area contributed by atoms with Crippen LogP contribution in [0.5, 0.6) is 0 Å². The van der Waals surface area contributed by atoms with Crippen molar-refractivity contribution in [2.75, 3.05) is 5.32 Å². The zero-order valence-corrected chi connectivity index (χ0v) is 11.9.